The van der Waals surface area contributed by atoms with E-state index in [0.717, 1.165) is 29.9 Å². The van der Waals surface area contributed by atoms with Crippen LogP contribution in [0.1, 0.15) is 28.2 Å². The van der Waals surface area contributed by atoms with Crippen molar-refractivity contribution >= 4 is 12.0 Å². The molecular formula is C15H14N2O2. The van der Waals surface area contributed by atoms with Gasteiger partial charge in [-0.1, -0.05) is 6.08 Å². The monoisotopic (exact) mass is 254 g/mol. The summed E-state index contributed by atoms with van der Waals surface area (Å²) in [6.45, 7) is 0. The molecule has 0 spiro atoms. The van der Waals surface area contributed by atoms with E-state index < -0.39 is 0 Å². The molecule has 1 aromatic carbocycles. The van der Waals surface area contributed by atoms with Crippen molar-refractivity contribution in [2.75, 3.05) is 7.05 Å². The lowest BCUT2D eigenvalue weighted by Gasteiger charge is -2.00. The van der Waals surface area contributed by atoms with Crippen LogP contribution in [0, 0.1) is 0 Å². The first kappa shape index (κ1) is 11.7. The number of hydrogen-bond acceptors (Lipinski definition) is 3. The number of allylic oxidation sites excluding steroid dienone is 1. The minimum Gasteiger partial charge on any atom is -0.441 e. The van der Waals surface area contributed by atoms with Crippen LogP contribution in [0.3, 0.4) is 0 Å². The van der Waals surface area contributed by atoms with Crippen LogP contribution in [0.2, 0.25) is 0 Å². The number of benzene rings is 1. The fourth-order valence-corrected chi connectivity index (χ4v) is 2.11. The Bertz CT molecular complexity index is 639. The van der Waals surface area contributed by atoms with Gasteiger partial charge in [-0.25, -0.2) is 4.98 Å². The number of rotatable bonds is 2. The highest BCUT2D eigenvalue weighted by molar-refractivity contribution is 5.94. The normalized spacial score (nSPS) is 13.1. The van der Waals surface area contributed by atoms with E-state index in [-0.39, 0.29) is 5.91 Å². The van der Waals surface area contributed by atoms with Crippen LogP contribution >= 0.6 is 0 Å². The molecule has 1 aliphatic carbocycles. The smallest absolute Gasteiger partial charge is 0.251 e. The number of carbonyl (C=O) groups excluding carboxylic acids is 1. The van der Waals surface area contributed by atoms with Crippen molar-refractivity contribution in [3.05, 3.63) is 47.4 Å². The van der Waals surface area contributed by atoms with Crippen LogP contribution in [0.15, 0.2) is 34.8 Å². The van der Waals surface area contributed by atoms with E-state index in [9.17, 15) is 4.79 Å². The molecule has 4 nitrogen and oxygen atoms in total. The minimum absolute atomic E-state index is 0.0961. The maximum Gasteiger partial charge on any atom is 0.251 e. The van der Waals surface area contributed by atoms with Crippen LogP contribution in [-0.2, 0) is 6.42 Å². The predicted molar refractivity (Wildman–Crippen MR) is 72.7 cm³/mol. The highest BCUT2D eigenvalue weighted by atomic mass is 16.4. The van der Waals surface area contributed by atoms with Crippen LogP contribution in [-0.4, -0.2) is 17.9 Å². The number of aryl methyl sites for hydroxylation is 1. The molecule has 1 N–H and O–H groups in total. The predicted octanol–water partition coefficient (Wildman–Crippen LogP) is 2.66. The largest absolute Gasteiger partial charge is 0.441 e. The van der Waals surface area contributed by atoms with Gasteiger partial charge in [0.15, 0.2) is 0 Å². The Hall–Kier alpha value is -2.36. The van der Waals surface area contributed by atoms with Crippen molar-refractivity contribution in [1.29, 1.82) is 0 Å². The Kier molecular flexibility index (Phi) is 2.91. The fraction of sp³-hybridized carbons (Fsp3) is 0.200. The Balaban J connectivity index is 1.92. The number of carbonyl (C=O) groups is 1. The van der Waals surface area contributed by atoms with Gasteiger partial charge < -0.3 is 9.73 Å². The summed E-state index contributed by atoms with van der Waals surface area (Å²) in [7, 11) is 1.62. The molecule has 3 rings (SSSR count). The van der Waals surface area contributed by atoms with E-state index in [1.807, 2.05) is 18.2 Å². The van der Waals surface area contributed by atoms with Crippen molar-refractivity contribution in [3.63, 3.8) is 0 Å². The van der Waals surface area contributed by atoms with E-state index in [2.05, 4.69) is 16.4 Å². The third kappa shape index (κ3) is 2.17. The van der Waals surface area contributed by atoms with Gasteiger partial charge in [0, 0.05) is 24.6 Å². The zero-order valence-corrected chi connectivity index (χ0v) is 10.6. The second-order valence-corrected chi connectivity index (χ2v) is 4.42. The van der Waals surface area contributed by atoms with Crippen molar-refractivity contribution in [3.8, 4) is 11.5 Å². The maximum atomic E-state index is 11.5. The van der Waals surface area contributed by atoms with E-state index in [1.54, 1.807) is 19.2 Å². The SMILES string of the molecule is CNC(=O)c1ccc(-c2nc3c(o2)CCC=C3)cc1. The molecule has 0 fully saturated rings. The van der Waals surface area contributed by atoms with Gasteiger partial charge in [-0.05, 0) is 36.8 Å². The van der Waals surface area contributed by atoms with Crippen LogP contribution in [0.5, 0.6) is 0 Å². The van der Waals surface area contributed by atoms with E-state index >= 15 is 0 Å². The number of amides is 1. The molecule has 4 heteroatoms. The van der Waals surface area contributed by atoms with Gasteiger partial charge >= 0.3 is 0 Å². The minimum atomic E-state index is -0.0961. The number of nitrogens with one attached hydrogen (secondary N) is 1. The van der Waals surface area contributed by atoms with Gasteiger partial charge in [0.05, 0.1) is 0 Å². The molecule has 0 saturated carbocycles. The number of aromatic nitrogens is 1. The second kappa shape index (κ2) is 4.72. The van der Waals surface area contributed by atoms with E-state index in [0.29, 0.717) is 11.5 Å². The molecule has 1 heterocycles. The summed E-state index contributed by atoms with van der Waals surface area (Å²) in [6, 6.07) is 7.25. The van der Waals surface area contributed by atoms with Crippen molar-refractivity contribution in [2.24, 2.45) is 0 Å². The second-order valence-electron chi connectivity index (χ2n) is 4.42. The number of oxazole rings is 1. The highest BCUT2D eigenvalue weighted by Crippen LogP contribution is 2.26. The molecule has 0 bridgehead atoms. The van der Waals surface area contributed by atoms with Crippen molar-refractivity contribution in [2.45, 2.75) is 12.8 Å². The summed E-state index contributed by atoms with van der Waals surface area (Å²) >= 11 is 0. The molecular weight excluding hydrogens is 240 g/mol. The summed E-state index contributed by atoms with van der Waals surface area (Å²) in [4.78, 5) is 15.9. The molecule has 19 heavy (non-hydrogen) atoms. The number of hydrogen-bond donors (Lipinski definition) is 1. The summed E-state index contributed by atoms with van der Waals surface area (Å²) in [5.41, 5.74) is 2.43. The lowest BCUT2D eigenvalue weighted by atomic mass is 10.1. The Morgan fingerprint density at radius 3 is 2.79 bits per heavy atom. The summed E-state index contributed by atoms with van der Waals surface area (Å²) in [5, 5.41) is 2.59. The average molecular weight is 254 g/mol. The van der Waals surface area contributed by atoms with Crippen molar-refractivity contribution in [1.82, 2.24) is 10.3 Å². The van der Waals surface area contributed by atoms with Gasteiger partial charge in [0.25, 0.3) is 5.91 Å². The molecule has 0 saturated heterocycles. The number of nitrogens with zero attached hydrogens (tertiary/aromatic N) is 1. The number of fused-ring (bicyclic) bond motifs is 1. The molecule has 0 atom stereocenters. The zero-order chi connectivity index (χ0) is 13.2. The van der Waals surface area contributed by atoms with Crippen LogP contribution in [0.4, 0.5) is 0 Å². The first-order valence-corrected chi connectivity index (χ1v) is 6.26. The zero-order valence-electron chi connectivity index (χ0n) is 10.6. The first-order valence-electron chi connectivity index (χ1n) is 6.26. The van der Waals surface area contributed by atoms with Gasteiger partial charge in [-0.2, -0.15) is 0 Å². The van der Waals surface area contributed by atoms with Gasteiger partial charge in [-0.3, -0.25) is 4.79 Å². The van der Waals surface area contributed by atoms with Crippen LogP contribution < -0.4 is 5.32 Å². The van der Waals surface area contributed by atoms with Gasteiger partial charge in [-0.15, -0.1) is 0 Å². The molecule has 1 aliphatic rings. The molecule has 2 aromatic rings. The molecule has 0 aliphatic heterocycles. The van der Waals surface area contributed by atoms with Gasteiger partial charge in [0.1, 0.15) is 11.5 Å². The van der Waals surface area contributed by atoms with Gasteiger partial charge in [0.2, 0.25) is 5.89 Å². The topological polar surface area (TPSA) is 55.1 Å². The van der Waals surface area contributed by atoms with E-state index in [4.69, 9.17) is 4.42 Å². The van der Waals surface area contributed by atoms with Crippen molar-refractivity contribution < 1.29 is 9.21 Å². The molecule has 1 amide bonds. The van der Waals surface area contributed by atoms with Crippen LogP contribution in [0.25, 0.3) is 17.5 Å². The molecule has 1 aromatic heterocycles. The maximum absolute atomic E-state index is 11.5. The molecule has 0 radical (unpaired) electrons. The summed E-state index contributed by atoms with van der Waals surface area (Å²) in [6.07, 6.45) is 5.99. The highest BCUT2D eigenvalue weighted by Gasteiger charge is 2.14. The Morgan fingerprint density at radius 2 is 2.11 bits per heavy atom. The average Bonchev–Trinajstić information content (AvgIpc) is 2.90. The third-order valence-electron chi connectivity index (χ3n) is 3.16. The Labute approximate surface area is 111 Å². The summed E-state index contributed by atoms with van der Waals surface area (Å²) < 4.78 is 5.76. The standard InChI is InChI=1S/C15H14N2O2/c1-16-14(18)10-6-8-11(9-7-10)15-17-12-4-2-3-5-13(12)19-15/h2,4,6-9H,3,5H2,1H3,(H,16,18). The quantitative estimate of drug-likeness (QED) is 0.896. The summed E-state index contributed by atoms with van der Waals surface area (Å²) in [5.74, 6) is 1.45. The fourth-order valence-electron chi connectivity index (χ4n) is 2.11. The lowest BCUT2D eigenvalue weighted by Crippen LogP contribution is -2.17. The third-order valence-corrected chi connectivity index (χ3v) is 3.16. The Morgan fingerprint density at radius 1 is 1.32 bits per heavy atom. The lowest BCUT2D eigenvalue weighted by molar-refractivity contribution is 0.0963. The molecule has 96 valence electrons. The molecule has 0 unspecified atom stereocenters. The first-order chi connectivity index (χ1) is 9.28. The van der Waals surface area contributed by atoms with E-state index in [1.165, 1.54) is 0 Å².